The number of carboxylic acid groups (broad SMARTS) is 2. The lowest BCUT2D eigenvalue weighted by atomic mass is 10.1. The number of methoxy groups -OCH3 is 1. The van der Waals surface area contributed by atoms with Crippen molar-refractivity contribution in [1.82, 2.24) is 0 Å². The van der Waals surface area contributed by atoms with Crippen LogP contribution in [0.1, 0.15) is 36.6 Å². The molecule has 0 unspecified atom stereocenters. The summed E-state index contributed by atoms with van der Waals surface area (Å²) in [4.78, 5) is 31.9. The molecular formula is C17H16O7. The van der Waals surface area contributed by atoms with Gasteiger partial charge in [-0.3, -0.25) is 0 Å². The van der Waals surface area contributed by atoms with Crippen molar-refractivity contribution in [2.45, 2.75) is 6.61 Å². The minimum absolute atomic E-state index is 0.0721. The van der Waals surface area contributed by atoms with E-state index in [9.17, 15) is 14.4 Å². The lowest BCUT2D eigenvalue weighted by Crippen LogP contribution is -2.03. The highest BCUT2D eigenvalue weighted by molar-refractivity contribution is 5.94. The summed E-state index contributed by atoms with van der Waals surface area (Å²) in [5.74, 6) is -2.57. The molecule has 24 heavy (non-hydrogen) atoms. The Labute approximate surface area is 137 Å². The highest BCUT2D eigenvalue weighted by atomic mass is 16.5. The number of hydrogen-bond acceptors (Lipinski definition) is 5. The van der Waals surface area contributed by atoms with E-state index in [1.54, 1.807) is 12.1 Å². The van der Waals surface area contributed by atoms with E-state index in [1.807, 2.05) is 0 Å². The summed E-state index contributed by atoms with van der Waals surface area (Å²) in [5.41, 5.74) is 1.13. The Morgan fingerprint density at radius 3 is 1.88 bits per heavy atom. The maximum atomic E-state index is 11.0. The fraction of sp³-hybridized carbons (Fsp3) is 0.118. The van der Waals surface area contributed by atoms with E-state index in [-0.39, 0.29) is 23.3 Å². The Morgan fingerprint density at radius 2 is 1.38 bits per heavy atom. The molecule has 7 nitrogen and oxygen atoms in total. The lowest BCUT2D eigenvalue weighted by Gasteiger charge is -1.99. The number of aliphatic hydroxyl groups excluding tert-OH is 1. The van der Waals surface area contributed by atoms with Crippen LogP contribution in [0.5, 0.6) is 0 Å². The molecule has 0 fully saturated rings. The van der Waals surface area contributed by atoms with Gasteiger partial charge in [0.05, 0.1) is 30.4 Å². The van der Waals surface area contributed by atoms with Crippen molar-refractivity contribution in [3.63, 3.8) is 0 Å². The molecule has 2 aromatic rings. The first-order valence-corrected chi connectivity index (χ1v) is 6.73. The molecule has 0 aliphatic rings. The highest BCUT2D eigenvalue weighted by Crippen LogP contribution is 2.06. The first kappa shape index (κ1) is 18.9. The van der Waals surface area contributed by atoms with Crippen LogP contribution in [0, 0.1) is 0 Å². The molecule has 0 atom stereocenters. The van der Waals surface area contributed by atoms with Crippen molar-refractivity contribution in [3.8, 4) is 0 Å². The van der Waals surface area contributed by atoms with E-state index in [1.165, 1.54) is 43.5 Å². The van der Waals surface area contributed by atoms with E-state index in [0.29, 0.717) is 5.56 Å². The number of benzene rings is 2. The standard InChI is InChI=1S/C9H8O4.C8H8O3/c1-13-9(12)7-4-2-3-6(5-7)8(10)11;9-5-6-2-1-3-7(4-6)8(10)11/h2-5H,1H3,(H,10,11);1-4,9H,5H2,(H,10,11). The number of hydrogen-bond donors (Lipinski definition) is 3. The summed E-state index contributed by atoms with van der Waals surface area (Å²) in [5, 5.41) is 25.8. The first-order chi connectivity index (χ1) is 11.4. The van der Waals surface area contributed by atoms with Gasteiger partial charge in [0.1, 0.15) is 0 Å². The third-order valence-electron chi connectivity index (χ3n) is 2.89. The summed E-state index contributed by atoms with van der Waals surface area (Å²) in [6, 6.07) is 11.9. The smallest absolute Gasteiger partial charge is 0.337 e. The van der Waals surface area contributed by atoms with Gasteiger partial charge in [0.25, 0.3) is 0 Å². The van der Waals surface area contributed by atoms with Crippen LogP contribution < -0.4 is 0 Å². The Morgan fingerprint density at radius 1 is 0.875 bits per heavy atom. The van der Waals surface area contributed by atoms with Crippen molar-refractivity contribution in [1.29, 1.82) is 0 Å². The van der Waals surface area contributed by atoms with Gasteiger partial charge in [0.2, 0.25) is 0 Å². The third kappa shape index (κ3) is 5.54. The molecule has 2 rings (SSSR count). The first-order valence-electron chi connectivity index (χ1n) is 6.73. The van der Waals surface area contributed by atoms with Gasteiger partial charge in [-0.15, -0.1) is 0 Å². The minimum atomic E-state index is -1.06. The van der Waals surface area contributed by atoms with Crippen molar-refractivity contribution < 1.29 is 34.4 Å². The van der Waals surface area contributed by atoms with E-state index < -0.39 is 17.9 Å². The number of carboxylic acids is 2. The van der Waals surface area contributed by atoms with Crippen molar-refractivity contribution >= 4 is 17.9 Å². The largest absolute Gasteiger partial charge is 0.478 e. The lowest BCUT2D eigenvalue weighted by molar-refractivity contribution is 0.0599. The molecule has 2 aromatic carbocycles. The predicted octanol–water partition coefficient (Wildman–Crippen LogP) is 2.05. The third-order valence-corrected chi connectivity index (χ3v) is 2.89. The average Bonchev–Trinajstić information content (AvgIpc) is 2.61. The van der Waals surface area contributed by atoms with Crippen LogP contribution in [-0.2, 0) is 11.3 Å². The number of aromatic carboxylic acids is 2. The monoisotopic (exact) mass is 332 g/mol. The molecule has 7 heteroatoms. The maximum Gasteiger partial charge on any atom is 0.337 e. The van der Waals surface area contributed by atoms with Crippen molar-refractivity contribution in [2.75, 3.05) is 7.11 Å². The molecule has 0 radical (unpaired) electrons. The van der Waals surface area contributed by atoms with Crippen molar-refractivity contribution in [2.24, 2.45) is 0 Å². The summed E-state index contributed by atoms with van der Waals surface area (Å²) in [6.45, 7) is -0.124. The number of rotatable bonds is 4. The fourth-order valence-electron chi connectivity index (χ4n) is 1.70. The van der Waals surface area contributed by atoms with Crippen LogP contribution >= 0.6 is 0 Å². The van der Waals surface area contributed by atoms with E-state index >= 15 is 0 Å². The highest BCUT2D eigenvalue weighted by Gasteiger charge is 2.08. The zero-order chi connectivity index (χ0) is 18.1. The quantitative estimate of drug-likeness (QED) is 0.733. The number of esters is 1. The second-order valence-electron chi connectivity index (χ2n) is 4.54. The molecule has 0 spiro atoms. The molecule has 0 bridgehead atoms. The van der Waals surface area contributed by atoms with Gasteiger partial charge in [-0.25, -0.2) is 14.4 Å². The van der Waals surface area contributed by atoms with Crippen LogP contribution in [-0.4, -0.2) is 40.3 Å². The molecule has 0 saturated carbocycles. The van der Waals surface area contributed by atoms with Gasteiger partial charge in [-0.2, -0.15) is 0 Å². The summed E-state index contributed by atoms with van der Waals surface area (Å²) < 4.78 is 4.44. The van der Waals surface area contributed by atoms with Gasteiger partial charge in [-0.05, 0) is 35.9 Å². The Bertz CT molecular complexity index is 737. The molecular weight excluding hydrogens is 316 g/mol. The second-order valence-corrected chi connectivity index (χ2v) is 4.54. The Kier molecular flexibility index (Phi) is 7.12. The molecule has 0 heterocycles. The summed E-state index contributed by atoms with van der Waals surface area (Å²) >= 11 is 0. The van der Waals surface area contributed by atoms with E-state index in [2.05, 4.69) is 4.74 Å². The van der Waals surface area contributed by atoms with Gasteiger partial charge >= 0.3 is 17.9 Å². The normalized spacial score (nSPS) is 9.42. The summed E-state index contributed by atoms with van der Waals surface area (Å²) in [7, 11) is 1.25. The summed E-state index contributed by atoms with van der Waals surface area (Å²) in [6.07, 6.45) is 0. The Balaban J connectivity index is 0.000000243. The zero-order valence-corrected chi connectivity index (χ0v) is 12.8. The van der Waals surface area contributed by atoms with Crippen LogP contribution in [0.3, 0.4) is 0 Å². The van der Waals surface area contributed by atoms with Crippen LogP contribution in [0.15, 0.2) is 48.5 Å². The number of aliphatic hydroxyl groups is 1. The van der Waals surface area contributed by atoms with Crippen molar-refractivity contribution in [3.05, 3.63) is 70.8 Å². The molecule has 0 aliphatic carbocycles. The zero-order valence-electron chi connectivity index (χ0n) is 12.8. The van der Waals surface area contributed by atoms with Gasteiger partial charge < -0.3 is 20.1 Å². The van der Waals surface area contributed by atoms with Gasteiger partial charge in [0.15, 0.2) is 0 Å². The Hall–Kier alpha value is -3.19. The number of ether oxygens (including phenoxy) is 1. The molecule has 126 valence electrons. The molecule has 0 aliphatic heterocycles. The minimum Gasteiger partial charge on any atom is -0.478 e. The van der Waals surface area contributed by atoms with Crippen LogP contribution in [0.4, 0.5) is 0 Å². The maximum absolute atomic E-state index is 11.0. The van der Waals surface area contributed by atoms with E-state index in [0.717, 1.165) is 0 Å². The van der Waals surface area contributed by atoms with Crippen LogP contribution in [0.25, 0.3) is 0 Å². The van der Waals surface area contributed by atoms with Gasteiger partial charge in [0, 0.05) is 0 Å². The molecule has 3 N–H and O–H groups in total. The molecule has 0 saturated heterocycles. The topological polar surface area (TPSA) is 121 Å². The van der Waals surface area contributed by atoms with Crippen LogP contribution in [0.2, 0.25) is 0 Å². The van der Waals surface area contributed by atoms with Gasteiger partial charge in [-0.1, -0.05) is 18.2 Å². The van der Waals surface area contributed by atoms with E-state index in [4.69, 9.17) is 15.3 Å². The number of carbonyl (C=O) groups is 3. The average molecular weight is 332 g/mol. The fourth-order valence-corrected chi connectivity index (χ4v) is 1.70. The predicted molar refractivity (Wildman–Crippen MR) is 84.1 cm³/mol. The molecule has 0 amide bonds. The SMILES string of the molecule is COC(=O)c1cccc(C(=O)O)c1.O=C(O)c1cccc(CO)c1. The second kappa shape index (κ2) is 9.06. The molecule has 0 aromatic heterocycles. The number of carbonyl (C=O) groups excluding carboxylic acids is 1.